The van der Waals surface area contributed by atoms with Gasteiger partial charge in [-0.05, 0) is 81.5 Å². The molecule has 0 aromatic rings. The van der Waals surface area contributed by atoms with Gasteiger partial charge < -0.3 is 5.11 Å². The third-order valence-electron chi connectivity index (χ3n) is 8.85. The van der Waals surface area contributed by atoms with E-state index in [2.05, 4.69) is 22.9 Å². The van der Waals surface area contributed by atoms with Gasteiger partial charge in [0.2, 0.25) is 0 Å². The normalized spacial score (nSPS) is 56.4. The summed E-state index contributed by atoms with van der Waals surface area (Å²) in [6.07, 6.45) is 4.65. The van der Waals surface area contributed by atoms with Crippen molar-refractivity contribution in [2.45, 2.75) is 88.6 Å². The lowest BCUT2D eigenvalue weighted by Gasteiger charge is -2.61. The molecule has 0 aromatic heterocycles. The first-order valence-corrected chi connectivity index (χ1v) is 11.4. The Morgan fingerprint density at radius 2 is 1.77 bits per heavy atom. The van der Waals surface area contributed by atoms with E-state index in [9.17, 15) is 9.90 Å². The monoisotopic (exact) mass is 432 g/mol. The predicted molar refractivity (Wildman–Crippen MR) is 101 cm³/mol. The van der Waals surface area contributed by atoms with Crippen LogP contribution < -0.4 is 0 Å². The molecule has 4 aliphatic rings. The molecular weight excluding hydrogens is 402 g/mol. The Hall–Kier alpha value is -0.0300. The van der Waals surface area contributed by atoms with Gasteiger partial charge in [-0.25, -0.2) is 8.78 Å². The van der Waals surface area contributed by atoms with Gasteiger partial charge in [0.15, 0.2) is 0 Å². The van der Waals surface area contributed by atoms with E-state index in [1.54, 1.807) is 6.92 Å². The van der Waals surface area contributed by atoms with Crippen LogP contribution in [0, 0.1) is 29.1 Å². The average Bonchev–Trinajstić information content (AvgIpc) is 2.92. The molecule has 148 valence electrons. The van der Waals surface area contributed by atoms with Gasteiger partial charge >= 0.3 is 0 Å². The topological polar surface area (TPSA) is 37.3 Å². The number of hydrogen-bond acceptors (Lipinski definition) is 2. The SMILES string of the molecule is C[C@@]1(O)CC[C@]2(F)[C@H]3CC[C@]4(C)[C@@H](C(=O)CBr)CC[C@H]4[C@@H]3CC[C@]2(F)C1. The standard InChI is InChI=1S/C21H31BrF2O2/c1-18(26)9-10-21(24)15-6-7-19(2)14(3-4-16(19)17(25)11-22)13(15)5-8-20(21,23)12-18/h13-16,26H,3-12H2,1-2H3/t13-,14-,15-,16+,18+,19-,20-,21-/m0/s1. The molecule has 0 radical (unpaired) electrons. The van der Waals surface area contributed by atoms with Crippen LogP contribution in [-0.4, -0.2) is 33.2 Å². The van der Waals surface area contributed by atoms with Gasteiger partial charge in [0.05, 0.1) is 10.9 Å². The Labute approximate surface area is 163 Å². The van der Waals surface area contributed by atoms with Crippen LogP contribution in [0.15, 0.2) is 0 Å². The maximum absolute atomic E-state index is 16.2. The van der Waals surface area contributed by atoms with E-state index < -0.39 is 16.9 Å². The fourth-order valence-corrected chi connectivity index (χ4v) is 7.99. The molecule has 0 bridgehead atoms. The molecule has 1 N–H and O–H groups in total. The second-order valence-electron chi connectivity index (χ2n) is 10.2. The zero-order valence-corrected chi connectivity index (χ0v) is 17.5. The summed E-state index contributed by atoms with van der Waals surface area (Å²) >= 11 is 3.32. The molecule has 4 saturated carbocycles. The van der Waals surface area contributed by atoms with Crippen molar-refractivity contribution >= 4 is 21.7 Å². The summed E-state index contributed by atoms with van der Waals surface area (Å²) in [5.74, 6) is 0.584. The van der Waals surface area contributed by atoms with Crippen LogP contribution in [0.3, 0.4) is 0 Å². The van der Waals surface area contributed by atoms with Gasteiger partial charge in [-0.2, -0.15) is 0 Å². The average molecular weight is 433 g/mol. The fraction of sp³-hybridized carbons (Fsp3) is 0.952. The number of aliphatic hydroxyl groups is 1. The number of carbonyl (C=O) groups is 1. The van der Waals surface area contributed by atoms with Gasteiger partial charge in [0.1, 0.15) is 17.1 Å². The van der Waals surface area contributed by atoms with Crippen LogP contribution in [0.1, 0.15) is 71.6 Å². The minimum absolute atomic E-state index is 0.0567. The fourth-order valence-electron chi connectivity index (χ4n) is 7.60. The highest BCUT2D eigenvalue weighted by atomic mass is 79.9. The third kappa shape index (κ3) is 2.51. The first-order chi connectivity index (χ1) is 12.1. The number of hydrogen-bond donors (Lipinski definition) is 1. The summed E-state index contributed by atoms with van der Waals surface area (Å²) in [4.78, 5) is 12.4. The summed E-state index contributed by atoms with van der Waals surface area (Å²) in [5.41, 5.74) is -4.86. The Morgan fingerprint density at radius 1 is 1.04 bits per heavy atom. The Bertz CT molecular complexity index is 611. The molecule has 0 unspecified atom stereocenters. The second kappa shape index (κ2) is 5.98. The zero-order valence-electron chi connectivity index (χ0n) is 15.9. The Morgan fingerprint density at radius 3 is 2.46 bits per heavy atom. The minimum atomic E-state index is -1.90. The number of carbonyl (C=O) groups excluding carboxylic acids is 1. The zero-order chi connectivity index (χ0) is 19.0. The molecule has 0 spiro atoms. The van der Waals surface area contributed by atoms with E-state index in [0.29, 0.717) is 30.5 Å². The largest absolute Gasteiger partial charge is 0.390 e. The van der Waals surface area contributed by atoms with Gasteiger partial charge in [-0.3, -0.25) is 4.79 Å². The molecule has 5 heteroatoms. The highest BCUT2D eigenvalue weighted by Gasteiger charge is 2.69. The first-order valence-electron chi connectivity index (χ1n) is 10.3. The van der Waals surface area contributed by atoms with E-state index in [0.717, 1.165) is 19.3 Å². The number of Topliss-reactive ketones (excluding diaryl/α,β-unsaturated/α-hetero) is 1. The van der Waals surface area contributed by atoms with Crippen molar-refractivity contribution in [3.8, 4) is 0 Å². The maximum atomic E-state index is 16.2. The number of ketones is 1. The molecule has 0 aromatic carbocycles. The van der Waals surface area contributed by atoms with Gasteiger partial charge in [-0.1, -0.05) is 22.9 Å². The van der Waals surface area contributed by atoms with Gasteiger partial charge in [-0.15, -0.1) is 0 Å². The third-order valence-corrected chi connectivity index (χ3v) is 9.41. The van der Waals surface area contributed by atoms with Crippen LogP contribution in [0.25, 0.3) is 0 Å². The van der Waals surface area contributed by atoms with Crippen LogP contribution >= 0.6 is 15.9 Å². The van der Waals surface area contributed by atoms with Gasteiger partial charge in [0.25, 0.3) is 0 Å². The smallest absolute Gasteiger partial charge is 0.148 e. The van der Waals surface area contributed by atoms with Crippen LogP contribution in [-0.2, 0) is 4.79 Å². The van der Waals surface area contributed by atoms with Crippen molar-refractivity contribution in [2.75, 3.05) is 5.33 Å². The molecule has 0 aliphatic heterocycles. The maximum Gasteiger partial charge on any atom is 0.148 e. The molecule has 26 heavy (non-hydrogen) atoms. The van der Waals surface area contributed by atoms with Crippen molar-refractivity contribution in [3.63, 3.8) is 0 Å². The minimum Gasteiger partial charge on any atom is -0.390 e. The number of fused-ring (bicyclic) bond motifs is 5. The molecule has 2 nitrogen and oxygen atoms in total. The van der Waals surface area contributed by atoms with Crippen LogP contribution in [0.2, 0.25) is 0 Å². The highest BCUT2D eigenvalue weighted by Crippen LogP contribution is 2.68. The quantitative estimate of drug-likeness (QED) is 0.612. The van der Waals surface area contributed by atoms with Crippen molar-refractivity contribution in [1.29, 1.82) is 0 Å². The molecule has 8 atom stereocenters. The van der Waals surface area contributed by atoms with Crippen molar-refractivity contribution in [3.05, 3.63) is 0 Å². The molecule has 4 rings (SSSR count). The predicted octanol–water partition coefficient (Wildman–Crippen LogP) is 5.15. The second-order valence-corrected chi connectivity index (χ2v) is 10.8. The van der Waals surface area contributed by atoms with Crippen molar-refractivity contribution in [2.24, 2.45) is 29.1 Å². The van der Waals surface area contributed by atoms with Crippen LogP contribution in [0.4, 0.5) is 8.78 Å². The molecule has 4 aliphatic carbocycles. The lowest BCUT2D eigenvalue weighted by Crippen LogP contribution is -2.66. The van der Waals surface area contributed by atoms with E-state index in [-0.39, 0.29) is 48.2 Å². The van der Waals surface area contributed by atoms with E-state index >= 15 is 8.78 Å². The summed E-state index contributed by atoms with van der Waals surface area (Å²) in [7, 11) is 0. The van der Waals surface area contributed by atoms with Crippen molar-refractivity contribution < 1.29 is 18.7 Å². The van der Waals surface area contributed by atoms with E-state index in [1.807, 2.05) is 0 Å². The van der Waals surface area contributed by atoms with E-state index in [4.69, 9.17) is 0 Å². The lowest BCUT2D eigenvalue weighted by atomic mass is 9.47. The Balaban J connectivity index is 1.63. The van der Waals surface area contributed by atoms with Crippen molar-refractivity contribution in [1.82, 2.24) is 0 Å². The lowest BCUT2D eigenvalue weighted by molar-refractivity contribution is -0.217. The number of rotatable bonds is 2. The Kier molecular flexibility index (Phi) is 4.44. The summed E-state index contributed by atoms with van der Waals surface area (Å²) < 4.78 is 32.0. The molecule has 4 fully saturated rings. The molecule has 0 heterocycles. The summed E-state index contributed by atoms with van der Waals surface area (Å²) in [6, 6.07) is 0. The summed E-state index contributed by atoms with van der Waals surface area (Å²) in [5, 5.41) is 10.7. The molecule has 0 saturated heterocycles. The molecule has 0 amide bonds. The van der Waals surface area contributed by atoms with E-state index in [1.165, 1.54) is 0 Å². The molecular formula is C21H31BrF2O2. The number of alkyl halides is 3. The first kappa shape index (κ1) is 19.3. The van der Waals surface area contributed by atoms with Crippen LogP contribution in [0.5, 0.6) is 0 Å². The van der Waals surface area contributed by atoms with Gasteiger partial charge in [0, 0.05) is 12.3 Å². The highest BCUT2D eigenvalue weighted by molar-refractivity contribution is 9.09. The summed E-state index contributed by atoms with van der Waals surface area (Å²) in [6.45, 7) is 3.87. The number of halogens is 3.